The van der Waals surface area contributed by atoms with Crippen molar-refractivity contribution in [3.63, 3.8) is 0 Å². The lowest BCUT2D eigenvalue weighted by molar-refractivity contribution is -0.332. The van der Waals surface area contributed by atoms with Gasteiger partial charge in [0.25, 0.3) is 5.79 Å². The largest absolute Gasteiger partial charge is 0.497 e. The summed E-state index contributed by atoms with van der Waals surface area (Å²) in [4.78, 5) is 24.0. The summed E-state index contributed by atoms with van der Waals surface area (Å²) >= 11 is 0. The molecule has 0 aromatic heterocycles. The van der Waals surface area contributed by atoms with Gasteiger partial charge in [-0.05, 0) is 24.3 Å². The molecule has 0 radical (unpaired) electrons. The summed E-state index contributed by atoms with van der Waals surface area (Å²) < 4.78 is 27.2. The minimum Gasteiger partial charge on any atom is -0.497 e. The number of ether oxygens (including phenoxy) is 5. The number of rotatable bonds is 11. The zero-order valence-electron chi connectivity index (χ0n) is 21.6. The maximum absolute atomic E-state index is 12.3. The number of benzene rings is 1. The van der Waals surface area contributed by atoms with Crippen molar-refractivity contribution in [1.29, 1.82) is 0 Å². The number of carbonyl (C=O) groups is 2. The Bertz CT molecular complexity index is 995. The van der Waals surface area contributed by atoms with Crippen LogP contribution in [0.15, 0.2) is 24.3 Å². The van der Waals surface area contributed by atoms with Crippen LogP contribution in [-0.4, -0.2) is 140 Å². The third-order valence-electron chi connectivity index (χ3n) is 6.65. The lowest BCUT2D eigenvalue weighted by Gasteiger charge is -2.47. The van der Waals surface area contributed by atoms with Crippen molar-refractivity contribution in [2.75, 3.05) is 20.3 Å². The van der Waals surface area contributed by atoms with E-state index in [0.29, 0.717) is 5.75 Å². The normalized spacial score (nSPS) is 35.8. The molecule has 0 unspecified atom stereocenters. The molecule has 2 aliphatic heterocycles. The Morgan fingerprint density at radius 1 is 1.07 bits per heavy atom. The van der Waals surface area contributed by atoms with Crippen molar-refractivity contribution in [2.24, 2.45) is 0 Å². The van der Waals surface area contributed by atoms with E-state index in [1.165, 1.54) is 19.2 Å². The summed E-state index contributed by atoms with van der Waals surface area (Å²) in [5.41, 5.74) is 0. The van der Waals surface area contributed by atoms with Crippen LogP contribution >= 0.6 is 0 Å². The van der Waals surface area contributed by atoms with Crippen LogP contribution in [0.1, 0.15) is 13.3 Å². The van der Waals surface area contributed by atoms with Crippen molar-refractivity contribution < 1.29 is 74.1 Å². The Kier molecular flexibility index (Phi) is 10.6. The van der Waals surface area contributed by atoms with Gasteiger partial charge >= 0.3 is 5.97 Å². The molecule has 40 heavy (non-hydrogen) atoms. The van der Waals surface area contributed by atoms with Crippen LogP contribution in [0, 0.1) is 0 Å². The lowest BCUT2D eigenvalue weighted by Crippen LogP contribution is -2.68. The molecule has 0 saturated carbocycles. The van der Waals surface area contributed by atoms with E-state index < -0.39 is 98.5 Å². The molecule has 0 aliphatic carbocycles. The molecular weight excluding hydrogens is 542 g/mol. The highest BCUT2D eigenvalue weighted by molar-refractivity contribution is 5.76. The zero-order valence-corrected chi connectivity index (χ0v) is 21.6. The maximum atomic E-state index is 12.3. The summed E-state index contributed by atoms with van der Waals surface area (Å²) in [5, 5.41) is 83.9. The number of carbonyl (C=O) groups excluding carboxylic acids is 1. The molecule has 2 saturated heterocycles. The molecule has 0 spiro atoms. The predicted octanol–water partition coefficient (Wildman–Crippen LogP) is -3.95. The molecule has 1 aromatic carbocycles. The van der Waals surface area contributed by atoms with Crippen LogP contribution < -0.4 is 14.8 Å². The van der Waals surface area contributed by atoms with Gasteiger partial charge in [-0.2, -0.15) is 0 Å². The molecule has 16 nitrogen and oxygen atoms in total. The monoisotopic (exact) mass is 577 g/mol. The summed E-state index contributed by atoms with van der Waals surface area (Å²) in [6, 6.07) is 4.70. The topological polar surface area (TPSA) is 254 Å². The van der Waals surface area contributed by atoms with Gasteiger partial charge in [-0.1, -0.05) is 0 Å². The predicted molar refractivity (Wildman–Crippen MR) is 129 cm³/mol. The quantitative estimate of drug-likeness (QED) is 0.122. The fraction of sp³-hybridized carbons (Fsp3) is 0.667. The molecule has 9 N–H and O–H groups in total. The van der Waals surface area contributed by atoms with Crippen molar-refractivity contribution in [3.05, 3.63) is 24.3 Å². The Morgan fingerprint density at radius 3 is 2.25 bits per heavy atom. The molecule has 226 valence electrons. The van der Waals surface area contributed by atoms with Crippen molar-refractivity contribution >= 4 is 11.9 Å². The molecule has 1 aromatic rings. The zero-order chi connectivity index (χ0) is 29.8. The van der Waals surface area contributed by atoms with Gasteiger partial charge in [0.05, 0.1) is 32.5 Å². The number of methoxy groups -OCH3 is 1. The minimum absolute atomic E-state index is 0.206. The second-order valence-electron chi connectivity index (χ2n) is 9.50. The lowest BCUT2D eigenvalue weighted by atomic mass is 9.88. The highest BCUT2D eigenvalue weighted by atomic mass is 16.7. The van der Waals surface area contributed by atoms with Crippen molar-refractivity contribution in [3.8, 4) is 11.5 Å². The first-order valence-electron chi connectivity index (χ1n) is 12.3. The first kappa shape index (κ1) is 31.9. The highest BCUT2D eigenvalue weighted by Crippen LogP contribution is 2.35. The maximum Gasteiger partial charge on any atom is 0.364 e. The van der Waals surface area contributed by atoms with E-state index in [-0.39, 0.29) is 5.75 Å². The standard InChI is InChI=1S/C24H35NO15/c1-10(27)25-16-13(28)7-24(23(34)35,40-21(16)17(30)14(29)8-26)37-9-15-18(31)19(32)20(33)22(39-15)38-12-5-3-11(36-2)4-6-12/h3-6,13-22,26,28-33H,7-9H2,1-2H3,(H,25,27)(H,34,35)/t13-,14-,15+,16-,17-,18+,19+,20+,21-,22-,24-/m1/s1. The molecule has 16 heteroatoms. The Hall–Kier alpha value is -2.64. The van der Waals surface area contributed by atoms with Crippen LogP contribution in [0.4, 0.5) is 0 Å². The smallest absolute Gasteiger partial charge is 0.364 e. The van der Waals surface area contributed by atoms with Crippen molar-refractivity contribution in [1.82, 2.24) is 5.32 Å². The summed E-state index contributed by atoms with van der Waals surface area (Å²) in [6.07, 6.45) is -16.4. The van der Waals surface area contributed by atoms with Crippen molar-refractivity contribution in [2.45, 2.75) is 80.3 Å². The van der Waals surface area contributed by atoms with Crippen LogP contribution in [0.5, 0.6) is 11.5 Å². The molecule has 1 amide bonds. The fourth-order valence-electron chi connectivity index (χ4n) is 4.43. The highest BCUT2D eigenvalue weighted by Gasteiger charge is 2.56. The second kappa shape index (κ2) is 13.3. The van der Waals surface area contributed by atoms with Gasteiger partial charge in [0.15, 0.2) is 0 Å². The third kappa shape index (κ3) is 6.98. The van der Waals surface area contributed by atoms with Gasteiger partial charge in [0.1, 0.15) is 54.2 Å². The number of aliphatic hydroxyl groups is 7. The first-order chi connectivity index (χ1) is 18.8. The summed E-state index contributed by atoms with van der Waals surface area (Å²) in [5.74, 6) is -4.42. The number of aliphatic carboxylic acids is 1. The molecule has 2 fully saturated rings. The average molecular weight is 578 g/mol. The Labute approximate surface area is 228 Å². The van der Waals surface area contributed by atoms with Gasteiger partial charge in [-0.3, -0.25) is 4.79 Å². The van der Waals surface area contributed by atoms with Crippen LogP contribution in [0.3, 0.4) is 0 Å². The van der Waals surface area contributed by atoms with Gasteiger partial charge in [0.2, 0.25) is 12.2 Å². The average Bonchev–Trinajstić information content (AvgIpc) is 2.93. The van der Waals surface area contributed by atoms with E-state index >= 15 is 0 Å². The van der Waals surface area contributed by atoms with E-state index in [1.54, 1.807) is 12.1 Å². The fourth-order valence-corrected chi connectivity index (χ4v) is 4.43. The molecule has 2 heterocycles. The second-order valence-corrected chi connectivity index (χ2v) is 9.50. The molecular formula is C24H35NO15. The number of nitrogens with one attached hydrogen (secondary N) is 1. The van der Waals surface area contributed by atoms with E-state index in [0.717, 1.165) is 6.92 Å². The molecule has 3 rings (SSSR count). The minimum atomic E-state index is -2.70. The Balaban J connectivity index is 1.80. The SMILES string of the molecule is COc1ccc(O[C@@H]2O[C@@H](CO[C@]3(C(=O)O)C[C@@H](O)[C@@H](NC(C)=O)[C@H]([C@H](O)[C@H](O)CO)O3)[C@H](O)[C@H](O)[C@@H]2O)cc1. The number of hydrogen-bond donors (Lipinski definition) is 9. The van der Waals surface area contributed by atoms with Gasteiger partial charge in [-0.15, -0.1) is 0 Å². The molecule has 0 bridgehead atoms. The van der Waals surface area contributed by atoms with E-state index in [9.17, 15) is 50.4 Å². The molecule has 11 atom stereocenters. The van der Waals surface area contributed by atoms with E-state index in [4.69, 9.17) is 23.7 Å². The van der Waals surface area contributed by atoms with E-state index in [2.05, 4.69) is 5.32 Å². The first-order valence-corrected chi connectivity index (χ1v) is 12.3. The van der Waals surface area contributed by atoms with Crippen LogP contribution in [0.25, 0.3) is 0 Å². The third-order valence-corrected chi connectivity index (χ3v) is 6.65. The van der Waals surface area contributed by atoms with E-state index in [1.807, 2.05) is 0 Å². The van der Waals surface area contributed by atoms with Crippen LogP contribution in [-0.2, 0) is 23.8 Å². The van der Waals surface area contributed by atoms with Gasteiger partial charge in [0, 0.05) is 13.3 Å². The number of aliphatic hydroxyl groups excluding tert-OH is 7. The number of carboxylic acid groups (broad SMARTS) is 1. The summed E-state index contributed by atoms with van der Waals surface area (Å²) in [6.45, 7) is -0.647. The van der Waals surface area contributed by atoms with Gasteiger partial charge in [-0.25, -0.2) is 4.79 Å². The Morgan fingerprint density at radius 2 is 1.70 bits per heavy atom. The van der Waals surface area contributed by atoms with Crippen LogP contribution in [0.2, 0.25) is 0 Å². The molecule has 2 aliphatic rings. The number of carboxylic acids is 1. The van der Waals surface area contributed by atoms with Gasteiger partial charge < -0.3 is 69.9 Å². The number of amides is 1. The summed E-state index contributed by atoms with van der Waals surface area (Å²) in [7, 11) is 1.46. The number of hydrogen-bond acceptors (Lipinski definition) is 14.